The molecule has 6 nitrogen and oxygen atoms in total. The number of hydrogen-bond acceptors (Lipinski definition) is 5. The molecule has 0 saturated heterocycles. The smallest absolute Gasteiger partial charge is 0.278 e. The van der Waals surface area contributed by atoms with Crippen LogP contribution in [-0.4, -0.2) is 40.4 Å². The van der Waals surface area contributed by atoms with E-state index in [2.05, 4.69) is 15.3 Å². The second kappa shape index (κ2) is 7.09. The number of nitrogens with one attached hydrogen (secondary N) is 1. The number of amides is 1. The predicted octanol–water partition coefficient (Wildman–Crippen LogP) is 3.58. The van der Waals surface area contributed by atoms with Gasteiger partial charge in [-0.25, -0.2) is 13.8 Å². The van der Waals surface area contributed by atoms with Gasteiger partial charge in [0.05, 0.1) is 24.5 Å². The third kappa shape index (κ3) is 3.84. The molecule has 0 bridgehead atoms. The number of halogens is 2. The van der Waals surface area contributed by atoms with Gasteiger partial charge in [0.1, 0.15) is 11.6 Å². The van der Waals surface area contributed by atoms with Crippen LogP contribution >= 0.6 is 0 Å². The molecule has 1 unspecified atom stereocenters. The van der Waals surface area contributed by atoms with Crippen molar-refractivity contribution in [1.29, 1.82) is 0 Å². The van der Waals surface area contributed by atoms with E-state index in [1.807, 2.05) is 6.92 Å². The number of aromatic nitrogens is 2. The highest BCUT2D eigenvalue weighted by atomic mass is 19.3. The van der Waals surface area contributed by atoms with Crippen LogP contribution in [0.3, 0.4) is 0 Å². The summed E-state index contributed by atoms with van der Waals surface area (Å²) in [6.07, 6.45) is 3.04. The van der Waals surface area contributed by atoms with Crippen LogP contribution in [0.5, 0.6) is 5.75 Å². The molecule has 1 aliphatic heterocycles. The fourth-order valence-corrected chi connectivity index (χ4v) is 3.09. The van der Waals surface area contributed by atoms with Gasteiger partial charge in [0.2, 0.25) is 0 Å². The summed E-state index contributed by atoms with van der Waals surface area (Å²) < 4.78 is 31.1. The molecule has 8 heteroatoms. The van der Waals surface area contributed by atoms with Crippen molar-refractivity contribution >= 4 is 11.7 Å². The average molecular weight is 376 g/mol. The Hall–Kier alpha value is -2.77. The van der Waals surface area contributed by atoms with E-state index >= 15 is 0 Å². The van der Waals surface area contributed by atoms with Crippen molar-refractivity contribution in [2.75, 3.05) is 19.0 Å². The van der Waals surface area contributed by atoms with Gasteiger partial charge >= 0.3 is 0 Å². The summed E-state index contributed by atoms with van der Waals surface area (Å²) in [7, 11) is 1.77. The first kappa shape index (κ1) is 19.0. The maximum atomic E-state index is 13.0. The van der Waals surface area contributed by atoms with Gasteiger partial charge in [-0.15, -0.1) is 0 Å². The second-order valence-electron chi connectivity index (χ2n) is 6.78. The zero-order valence-electron chi connectivity index (χ0n) is 15.7. The normalized spacial score (nSPS) is 14.9. The van der Waals surface area contributed by atoms with E-state index in [1.165, 1.54) is 6.20 Å². The maximum Gasteiger partial charge on any atom is 0.278 e. The summed E-state index contributed by atoms with van der Waals surface area (Å²) in [6.45, 7) is 4.19. The Balaban J connectivity index is 1.80. The van der Waals surface area contributed by atoms with Crippen molar-refractivity contribution in [3.05, 3.63) is 46.9 Å². The number of pyridine rings is 2. The number of aryl methyl sites for hydroxylation is 1. The summed E-state index contributed by atoms with van der Waals surface area (Å²) in [5.74, 6) is -2.00. The van der Waals surface area contributed by atoms with Gasteiger partial charge in [-0.1, -0.05) is 0 Å². The van der Waals surface area contributed by atoms with Gasteiger partial charge in [0.15, 0.2) is 6.61 Å². The van der Waals surface area contributed by atoms with Crippen molar-refractivity contribution in [2.45, 2.75) is 39.3 Å². The molecule has 0 aromatic carbocycles. The van der Waals surface area contributed by atoms with Crippen molar-refractivity contribution in [3.63, 3.8) is 0 Å². The molecule has 0 saturated carbocycles. The van der Waals surface area contributed by atoms with Crippen molar-refractivity contribution < 1.29 is 18.3 Å². The molecule has 0 aliphatic carbocycles. The molecule has 0 fully saturated rings. The van der Waals surface area contributed by atoms with Gasteiger partial charge in [0.25, 0.3) is 11.8 Å². The lowest BCUT2D eigenvalue weighted by Crippen LogP contribution is -2.28. The molecule has 0 spiro atoms. The van der Waals surface area contributed by atoms with Crippen LogP contribution in [0.1, 0.15) is 47.1 Å². The van der Waals surface area contributed by atoms with Crippen LogP contribution in [0.4, 0.5) is 14.6 Å². The van der Waals surface area contributed by atoms with Crippen LogP contribution in [0, 0.1) is 6.92 Å². The predicted molar refractivity (Wildman–Crippen MR) is 97.2 cm³/mol. The Morgan fingerprint density at radius 2 is 2.15 bits per heavy atom. The van der Waals surface area contributed by atoms with Crippen molar-refractivity contribution in [1.82, 2.24) is 14.9 Å². The summed E-state index contributed by atoms with van der Waals surface area (Å²) in [5, 5.41) is 3.01. The van der Waals surface area contributed by atoms with E-state index in [0.29, 0.717) is 34.9 Å². The van der Waals surface area contributed by atoms with Gasteiger partial charge < -0.3 is 15.0 Å². The molecular weight excluding hydrogens is 354 g/mol. The lowest BCUT2D eigenvalue weighted by atomic mass is 10.1. The van der Waals surface area contributed by atoms with E-state index in [-0.39, 0.29) is 11.9 Å². The molecule has 144 valence electrons. The van der Waals surface area contributed by atoms with Crippen LogP contribution in [0.25, 0.3) is 0 Å². The summed E-state index contributed by atoms with van der Waals surface area (Å²) in [6, 6.07) is 3.20. The number of nitrogens with zero attached hydrogens (tertiary/aromatic N) is 3. The fourth-order valence-electron chi connectivity index (χ4n) is 3.09. The van der Waals surface area contributed by atoms with Gasteiger partial charge in [0, 0.05) is 31.3 Å². The largest absolute Gasteiger partial charge is 0.485 e. The molecule has 2 aromatic rings. The zero-order valence-corrected chi connectivity index (χ0v) is 15.7. The number of fused-ring (bicyclic) bond motifs is 1. The molecule has 1 amide bonds. The molecule has 3 rings (SSSR count). The van der Waals surface area contributed by atoms with Crippen LogP contribution in [-0.2, 0) is 6.54 Å². The minimum atomic E-state index is -2.91. The van der Waals surface area contributed by atoms with Crippen LogP contribution in [0.15, 0.2) is 24.5 Å². The first-order valence-corrected chi connectivity index (χ1v) is 8.65. The lowest BCUT2D eigenvalue weighted by molar-refractivity contribution is -0.0232. The fraction of sp³-hybridized carbons (Fsp3) is 0.421. The second-order valence-corrected chi connectivity index (χ2v) is 6.78. The van der Waals surface area contributed by atoms with Crippen LogP contribution < -0.4 is 10.1 Å². The van der Waals surface area contributed by atoms with Gasteiger partial charge in [-0.05, 0) is 31.5 Å². The SMILES string of the molecule is CNc1nccc2c1CN(C(C)c1cc(C)c(OCC(C)(F)F)cn1)C2=O. The molecular formula is C19H22F2N4O2. The monoisotopic (exact) mass is 376 g/mol. The van der Waals surface area contributed by atoms with E-state index in [4.69, 9.17) is 4.74 Å². The van der Waals surface area contributed by atoms with E-state index in [9.17, 15) is 13.6 Å². The minimum Gasteiger partial charge on any atom is -0.485 e. The number of ether oxygens (including phenoxy) is 1. The first-order valence-electron chi connectivity index (χ1n) is 8.65. The zero-order chi connectivity index (χ0) is 19.8. The Bertz CT molecular complexity index is 867. The maximum absolute atomic E-state index is 13.0. The Kier molecular flexibility index (Phi) is 4.99. The number of carbonyl (C=O) groups is 1. The summed E-state index contributed by atoms with van der Waals surface area (Å²) >= 11 is 0. The summed E-state index contributed by atoms with van der Waals surface area (Å²) in [4.78, 5) is 23.1. The highest BCUT2D eigenvalue weighted by molar-refractivity contribution is 5.99. The quantitative estimate of drug-likeness (QED) is 0.835. The number of rotatable bonds is 6. The average Bonchev–Trinajstić information content (AvgIpc) is 2.96. The molecule has 1 aliphatic rings. The number of alkyl halides is 2. The molecule has 27 heavy (non-hydrogen) atoms. The molecule has 2 aromatic heterocycles. The molecule has 3 heterocycles. The molecule has 1 N–H and O–H groups in total. The van der Waals surface area contributed by atoms with Crippen LogP contribution in [0.2, 0.25) is 0 Å². The number of hydrogen-bond donors (Lipinski definition) is 1. The van der Waals surface area contributed by atoms with Crippen molar-refractivity contribution in [3.8, 4) is 5.75 Å². The topological polar surface area (TPSA) is 67.3 Å². The minimum absolute atomic E-state index is 0.0817. The lowest BCUT2D eigenvalue weighted by Gasteiger charge is -2.24. The highest BCUT2D eigenvalue weighted by Gasteiger charge is 2.34. The number of anilines is 1. The first-order chi connectivity index (χ1) is 12.7. The van der Waals surface area contributed by atoms with Gasteiger partial charge in [-0.3, -0.25) is 9.78 Å². The highest BCUT2D eigenvalue weighted by Crippen LogP contribution is 2.34. The summed E-state index contributed by atoms with van der Waals surface area (Å²) in [5.41, 5.74) is 2.85. The standard InChI is InChI=1S/C19H22F2N4O2/c1-11-7-15(24-8-16(11)27-10-19(3,20)21)12(2)25-9-14-13(18(25)26)5-6-23-17(14)22-4/h5-8,12H,9-10H2,1-4H3,(H,22,23). The van der Waals surface area contributed by atoms with E-state index in [0.717, 1.165) is 12.5 Å². The third-order valence-corrected chi connectivity index (χ3v) is 4.57. The number of carbonyl (C=O) groups excluding carboxylic acids is 1. The molecule has 0 radical (unpaired) electrons. The Morgan fingerprint density at radius 3 is 2.78 bits per heavy atom. The van der Waals surface area contributed by atoms with E-state index < -0.39 is 12.5 Å². The molecule has 1 atom stereocenters. The van der Waals surface area contributed by atoms with Gasteiger partial charge in [-0.2, -0.15) is 0 Å². The van der Waals surface area contributed by atoms with Crippen molar-refractivity contribution in [2.24, 2.45) is 0 Å². The third-order valence-electron chi connectivity index (χ3n) is 4.57. The van der Waals surface area contributed by atoms with E-state index in [1.54, 1.807) is 37.2 Å². The Labute approximate surface area is 156 Å². The Morgan fingerprint density at radius 1 is 1.41 bits per heavy atom.